The van der Waals surface area contributed by atoms with Gasteiger partial charge in [-0.2, -0.15) is 0 Å². The molecule has 88 valence electrons. The first-order valence-electron chi connectivity index (χ1n) is 5.89. The van der Waals surface area contributed by atoms with Crippen LogP contribution < -0.4 is 0 Å². The van der Waals surface area contributed by atoms with E-state index in [0.717, 1.165) is 12.0 Å². The SMILES string of the molecule is C=C(C)CO[C@@H](C)[C@H](C)Cc1ccccc1. The molecular weight excluding hydrogens is 196 g/mol. The predicted molar refractivity (Wildman–Crippen MR) is 69.5 cm³/mol. The highest BCUT2D eigenvalue weighted by Crippen LogP contribution is 2.14. The number of ether oxygens (including phenoxy) is 1. The lowest BCUT2D eigenvalue weighted by Crippen LogP contribution is -2.20. The van der Waals surface area contributed by atoms with E-state index in [1.165, 1.54) is 5.56 Å². The van der Waals surface area contributed by atoms with E-state index < -0.39 is 0 Å². The van der Waals surface area contributed by atoms with Gasteiger partial charge in [0, 0.05) is 0 Å². The monoisotopic (exact) mass is 218 g/mol. The second-order valence-corrected chi connectivity index (χ2v) is 4.64. The Kier molecular flexibility index (Phi) is 5.27. The largest absolute Gasteiger partial charge is 0.374 e. The number of hydrogen-bond acceptors (Lipinski definition) is 1. The Morgan fingerprint density at radius 2 is 1.88 bits per heavy atom. The topological polar surface area (TPSA) is 9.23 Å². The fourth-order valence-corrected chi connectivity index (χ4v) is 1.59. The molecular formula is C15H22O. The average molecular weight is 218 g/mol. The molecule has 0 saturated carbocycles. The van der Waals surface area contributed by atoms with Crippen LogP contribution >= 0.6 is 0 Å². The van der Waals surface area contributed by atoms with Crippen LogP contribution in [0, 0.1) is 5.92 Å². The Bertz CT molecular complexity index is 315. The van der Waals surface area contributed by atoms with Crippen molar-refractivity contribution >= 4 is 0 Å². The summed E-state index contributed by atoms with van der Waals surface area (Å²) in [5, 5.41) is 0. The van der Waals surface area contributed by atoms with Crippen LogP contribution in [0.2, 0.25) is 0 Å². The second kappa shape index (κ2) is 6.49. The summed E-state index contributed by atoms with van der Waals surface area (Å²) >= 11 is 0. The molecule has 1 aromatic carbocycles. The lowest BCUT2D eigenvalue weighted by atomic mass is 9.97. The van der Waals surface area contributed by atoms with Crippen LogP contribution in [0.3, 0.4) is 0 Å². The van der Waals surface area contributed by atoms with E-state index in [-0.39, 0.29) is 6.10 Å². The van der Waals surface area contributed by atoms with Crippen LogP contribution in [0.15, 0.2) is 42.5 Å². The quantitative estimate of drug-likeness (QED) is 0.659. The minimum absolute atomic E-state index is 0.275. The van der Waals surface area contributed by atoms with Crippen molar-refractivity contribution in [1.29, 1.82) is 0 Å². The van der Waals surface area contributed by atoms with Gasteiger partial charge in [-0.15, -0.1) is 0 Å². The van der Waals surface area contributed by atoms with Gasteiger partial charge in [-0.05, 0) is 31.7 Å². The number of hydrogen-bond donors (Lipinski definition) is 0. The fraction of sp³-hybridized carbons (Fsp3) is 0.467. The van der Waals surface area contributed by atoms with Crippen molar-refractivity contribution in [3.8, 4) is 0 Å². The number of rotatable bonds is 6. The summed E-state index contributed by atoms with van der Waals surface area (Å²) < 4.78 is 5.74. The predicted octanol–water partition coefficient (Wildman–Crippen LogP) is 3.85. The van der Waals surface area contributed by atoms with E-state index in [1.54, 1.807) is 0 Å². The van der Waals surface area contributed by atoms with E-state index in [1.807, 2.05) is 6.92 Å². The van der Waals surface area contributed by atoms with Gasteiger partial charge in [0.2, 0.25) is 0 Å². The van der Waals surface area contributed by atoms with Gasteiger partial charge in [0.1, 0.15) is 0 Å². The zero-order chi connectivity index (χ0) is 12.0. The van der Waals surface area contributed by atoms with Gasteiger partial charge in [0.25, 0.3) is 0 Å². The molecule has 0 fully saturated rings. The van der Waals surface area contributed by atoms with Crippen LogP contribution in [0.25, 0.3) is 0 Å². The maximum absolute atomic E-state index is 5.74. The summed E-state index contributed by atoms with van der Waals surface area (Å²) in [6, 6.07) is 10.6. The van der Waals surface area contributed by atoms with Gasteiger partial charge in [-0.1, -0.05) is 49.4 Å². The normalized spacial score (nSPS) is 14.4. The van der Waals surface area contributed by atoms with Gasteiger partial charge in [0.15, 0.2) is 0 Å². The molecule has 0 aliphatic rings. The zero-order valence-electron chi connectivity index (χ0n) is 10.6. The molecule has 0 aliphatic carbocycles. The molecule has 0 aliphatic heterocycles. The van der Waals surface area contributed by atoms with Crippen molar-refractivity contribution in [2.24, 2.45) is 5.92 Å². The molecule has 0 radical (unpaired) electrons. The molecule has 0 aromatic heterocycles. The van der Waals surface area contributed by atoms with Gasteiger partial charge < -0.3 is 4.74 Å². The Balaban J connectivity index is 2.39. The van der Waals surface area contributed by atoms with Gasteiger partial charge in [-0.25, -0.2) is 0 Å². The molecule has 0 amide bonds. The smallest absolute Gasteiger partial charge is 0.0675 e. The standard InChI is InChI=1S/C15H22O/c1-12(2)11-16-14(4)13(3)10-15-8-6-5-7-9-15/h5-9,13-14H,1,10-11H2,2-4H3/t13-,14+/m1/s1. The zero-order valence-corrected chi connectivity index (χ0v) is 10.6. The maximum atomic E-state index is 5.74. The van der Waals surface area contributed by atoms with E-state index in [4.69, 9.17) is 4.74 Å². The summed E-state index contributed by atoms with van der Waals surface area (Å²) in [7, 11) is 0. The van der Waals surface area contributed by atoms with Crippen molar-refractivity contribution in [3.63, 3.8) is 0 Å². The maximum Gasteiger partial charge on any atom is 0.0675 e. The number of benzene rings is 1. The molecule has 16 heavy (non-hydrogen) atoms. The van der Waals surface area contributed by atoms with Crippen molar-refractivity contribution in [3.05, 3.63) is 48.0 Å². The molecule has 0 spiro atoms. The lowest BCUT2D eigenvalue weighted by Gasteiger charge is -2.20. The molecule has 0 heterocycles. The van der Waals surface area contributed by atoms with Gasteiger partial charge in [0.05, 0.1) is 12.7 Å². The molecule has 2 atom stereocenters. The molecule has 1 heteroatoms. The third-order valence-corrected chi connectivity index (χ3v) is 2.79. The molecule has 0 bridgehead atoms. The van der Waals surface area contributed by atoms with E-state index in [9.17, 15) is 0 Å². The molecule has 0 unspecified atom stereocenters. The Morgan fingerprint density at radius 3 is 2.44 bits per heavy atom. The molecule has 1 rings (SSSR count). The van der Waals surface area contributed by atoms with E-state index >= 15 is 0 Å². The Morgan fingerprint density at radius 1 is 1.25 bits per heavy atom. The third kappa shape index (κ3) is 4.63. The van der Waals surface area contributed by atoms with Gasteiger partial charge >= 0.3 is 0 Å². The van der Waals surface area contributed by atoms with E-state index in [0.29, 0.717) is 12.5 Å². The summed E-state index contributed by atoms with van der Waals surface area (Å²) in [4.78, 5) is 0. The Hall–Kier alpha value is -1.08. The lowest BCUT2D eigenvalue weighted by molar-refractivity contribution is 0.0450. The van der Waals surface area contributed by atoms with E-state index in [2.05, 4.69) is 50.8 Å². The Labute approximate surface area is 99.1 Å². The highest BCUT2D eigenvalue weighted by molar-refractivity contribution is 5.15. The van der Waals surface area contributed by atoms with Crippen LogP contribution in [-0.2, 0) is 11.2 Å². The molecule has 0 saturated heterocycles. The summed E-state index contributed by atoms with van der Waals surface area (Å²) in [6.45, 7) is 10.9. The van der Waals surface area contributed by atoms with Crippen LogP contribution in [0.4, 0.5) is 0 Å². The summed E-state index contributed by atoms with van der Waals surface area (Å²) in [6.07, 6.45) is 1.34. The van der Waals surface area contributed by atoms with Crippen LogP contribution in [-0.4, -0.2) is 12.7 Å². The van der Waals surface area contributed by atoms with Crippen molar-refractivity contribution in [2.75, 3.05) is 6.61 Å². The van der Waals surface area contributed by atoms with Crippen molar-refractivity contribution in [2.45, 2.75) is 33.3 Å². The first kappa shape index (κ1) is 13.0. The van der Waals surface area contributed by atoms with Crippen LogP contribution in [0.5, 0.6) is 0 Å². The van der Waals surface area contributed by atoms with Crippen molar-refractivity contribution in [1.82, 2.24) is 0 Å². The van der Waals surface area contributed by atoms with Gasteiger partial charge in [-0.3, -0.25) is 0 Å². The van der Waals surface area contributed by atoms with Crippen molar-refractivity contribution < 1.29 is 4.74 Å². The summed E-state index contributed by atoms with van der Waals surface area (Å²) in [5.41, 5.74) is 2.46. The first-order valence-corrected chi connectivity index (χ1v) is 5.89. The average Bonchev–Trinajstić information content (AvgIpc) is 2.27. The van der Waals surface area contributed by atoms with Crippen LogP contribution in [0.1, 0.15) is 26.3 Å². The minimum Gasteiger partial charge on any atom is -0.374 e. The highest BCUT2D eigenvalue weighted by atomic mass is 16.5. The second-order valence-electron chi connectivity index (χ2n) is 4.64. The highest BCUT2D eigenvalue weighted by Gasteiger charge is 2.12. The summed E-state index contributed by atoms with van der Waals surface area (Å²) in [5.74, 6) is 0.529. The first-order chi connectivity index (χ1) is 7.59. The molecule has 0 N–H and O–H groups in total. The molecule has 1 nitrogen and oxygen atoms in total. The minimum atomic E-state index is 0.275. The molecule has 1 aromatic rings. The fourth-order valence-electron chi connectivity index (χ4n) is 1.59. The third-order valence-electron chi connectivity index (χ3n) is 2.79.